The molecule has 0 bridgehead atoms. The zero-order chi connectivity index (χ0) is 15.0. The molecule has 1 fully saturated rings. The van der Waals surface area contributed by atoms with Gasteiger partial charge in [0.15, 0.2) is 5.58 Å². The van der Waals surface area contributed by atoms with Crippen LogP contribution in [0.15, 0.2) is 27.4 Å². The minimum Gasteiger partial charge on any atom is -0.408 e. The van der Waals surface area contributed by atoms with Gasteiger partial charge in [-0.3, -0.25) is 4.57 Å². The highest BCUT2D eigenvalue weighted by Gasteiger charge is 2.33. The molecule has 1 aromatic heterocycles. The number of hydrogen-bond donors (Lipinski definition) is 1. The minimum absolute atomic E-state index is 0.264. The van der Waals surface area contributed by atoms with Crippen LogP contribution in [0.5, 0.6) is 0 Å². The first-order valence-electron chi connectivity index (χ1n) is 8.02. The van der Waals surface area contributed by atoms with Crippen LogP contribution in [0.25, 0.3) is 11.1 Å². The smallest absolute Gasteiger partial charge is 0.408 e. The van der Waals surface area contributed by atoms with Gasteiger partial charge >= 0.3 is 5.76 Å². The van der Waals surface area contributed by atoms with Crippen LogP contribution >= 0.6 is 0 Å². The SMILES string of the molecule is CCNC(c1ccc2c(c1)oc(=O)n2CC)C(C)C1CC1. The van der Waals surface area contributed by atoms with Gasteiger partial charge in [0.05, 0.1) is 5.52 Å². The van der Waals surface area contributed by atoms with Crippen LogP contribution in [0.1, 0.15) is 45.2 Å². The Kier molecular flexibility index (Phi) is 3.89. The first-order chi connectivity index (χ1) is 10.2. The highest BCUT2D eigenvalue weighted by molar-refractivity contribution is 5.74. The maximum absolute atomic E-state index is 11.8. The van der Waals surface area contributed by atoms with Gasteiger partial charge in [-0.2, -0.15) is 0 Å². The van der Waals surface area contributed by atoms with E-state index < -0.39 is 0 Å². The molecular weight excluding hydrogens is 264 g/mol. The number of hydrogen-bond acceptors (Lipinski definition) is 3. The molecule has 1 aliphatic carbocycles. The number of fused-ring (bicyclic) bond motifs is 1. The predicted molar refractivity (Wildman–Crippen MR) is 84.5 cm³/mol. The highest BCUT2D eigenvalue weighted by atomic mass is 16.4. The second kappa shape index (κ2) is 5.68. The first-order valence-corrected chi connectivity index (χ1v) is 8.02. The molecule has 3 rings (SSSR count). The van der Waals surface area contributed by atoms with Gasteiger partial charge < -0.3 is 9.73 Å². The van der Waals surface area contributed by atoms with Crippen molar-refractivity contribution in [2.45, 2.75) is 46.2 Å². The number of nitrogens with one attached hydrogen (secondary N) is 1. The Labute approximate surface area is 125 Å². The van der Waals surface area contributed by atoms with E-state index >= 15 is 0 Å². The maximum Gasteiger partial charge on any atom is 0.419 e. The molecule has 1 aliphatic rings. The summed E-state index contributed by atoms with van der Waals surface area (Å²) < 4.78 is 7.07. The Bertz CT molecular complexity index is 682. The van der Waals surface area contributed by atoms with Crippen LogP contribution in [0.2, 0.25) is 0 Å². The lowest BCUT2D eigenvalue weighted by Gasteiger charge is -2.25. The van der Waals surface area contributed by atoms with Crippen LogP contribution < -0.4 is 11.1 Å². The number of oxazole rings is 1. The van der Waals surface area contributed by atoms with Gasteiger partial charge in [-0.25, -0.2) is 4.79 Å². The summed E-state index contributed by atoms with van der Waals surface area (Å²) in [7, 11) is 0. The molecule has 1 heterocycles. The second-order valence-corrected chi connectivity index (χ2v) is 6.07. The van der Waals surface area contributed by atoms with E-state index in [9.17, 15) is 4.79 Å². The van der Waals surface area contributed by atoms with Crippen LogP contribution in [0, 0.1) is 11.8 Å². The van der Waals surface area contributed by atoms with E-state index in [2.05, 4.69) is 25.2 Å². The third-order valence-corrected chi connectivity index (χ3v) is 4.68. The summed E-state index contributed by atoms with van der Waals surface area (Å²) in [5, 5.41) is 3.59. The molecule has 1 saturated carbocycles. The van der Waals surface area contributed by atoms with Gasteiger partial charge in [0.25, 0.3) is 0 Å². The summed E-state index contributed by atoms with van der Waals surface area (Å²) >= 11 is 0. The van der Waals surface area contributed by atoms with Crippen molar-refractivity contribution in [1.29, 1.82) is 0 Å². The fraction of sp³-hybridized carbons (Fsp3) is 0.588. The largest absolute Gasteiger partial charge is 0.419 e. The fourth-order valence-electron chi connectivity index (χ4n) is 3.30. The summed E-state index contributed by atoms with van der Waals surface area (Å²) in [6.07, 6.45) is 2.68. The van der Waals surface area contributed by atoms with Crippen LogP contribution in [-0.4, -0.2) is 11.1 Å². The van der Waals surface area contributed by atoms with Crippen molar-refractivity contribution in [3.05, 3.63) is 34.3 Å². The lowest BCUT2D eigenvalue weighted by atomic mass is 9.90. The normalized spacial score (nSPS) is 18.0. The lowest BCUT2D eigenvalue weighted by molar-refractivity contribution is 0.355. The Balaban J connectivity index is 1.99. The van der Waals surface area contributed by atoms with Crippen molar-refractivity contribution < 1.29 is 4.42 Å². The zero-order valence-corrected chi connectivity index (χ0v) is 13.1. The van der Waals surface area contributed by atoms with Crippen molar-refractivity contribution >= 4 is 11.1 Å². The average Bonchev–Trinajstić information content (AvgIpc) is 3.26. The van der Waals surface area contributed by atoms with Gasteiger partial charge in [0.1, 0.15) is 0 Å². The summed E-state index contributed by atoms with van der Waals surface area (Å²) in [5.41, 5.74) is 2.81. The number of benzene rings is 1. The second-order valence-electron chi connectivity index (χ2n) is 6.07. The van der Waals surface area contributed by atoms with E-state index in [4.69, 9.17) is 4.42 Å². The van der Waals surface area contributed by atoms with Crippen molar-refractivity contribution in [1.82, 2.24) is 9.88 Å². The predicted octanol–water partition coefficient (Wildman–Crippen LogP) is 3.31. The van der Waals surface area contributed by atoms with E-state index in [1.807, 2.05) is 19.1 Å². The van der Waals surface area contributed by atoms with E-state index in [1.165, 1.54) is 18.4 Å². The number of rotatable bonds is 6. The van der Waals surface area contributed by atoms with Gasteiger partial charge in [-0.05, 0) is 55.8 Å². The zero-order valence-electron chi connectivity index (χ0n) is 13.1. The number of nitrogens with zero attached hydrogens (tertiary/aromatic N) is 1. The van der Waals surface area contributed by atoms with Crippen LogP contribution in [0.4, 0.5) is 0 Å². The van der Waals surface area contributed by atoms with E-state index in [-0.39, 0.29) is 5.76 Å². The molecule has 114 valence electrons. The molecule has 0 saturated heterocycles. The summed E-state index contributed by atoms with van der Waals surface area (Å²) in [6, 6.07) is 6.52. The molecule has 2 unspecified atom stereocenters. The lowest BCUT2D eigenvalue weighted by Crippen LogP contribution is -2.27. The molecule has 4 nitrogen and oxygen atoms in total. The Morgan fingerprint density at radius 3 is 2.76 bits per heavy atom. The molecule has 2 atom stereocenters. The fourth-order valence-corrected chi connectivity index (χ4v) is 3.30. The molecule has 2 aromatic rings. The molecule has 4 heteroatoms. The van der Waals surface area contributed by atoms with Crippen molar-refractivity contribution in [3.63, 3.8) is 0 Å². The molecule has 0 spiro atoms. The third kappa shape index (κ3) is 2.64. The van der Waals surface area contributed by atoms with Gasteiger partial charge in [0, 0.05) is 12.6 Å². The summed E-state index contributed by atoms with van der Waals surface area (Å²) in [5.74, 6) is 1.18. The highest BCUT2D eigenvalue weighted by Crippen LogP contribution is 2.42. The number of aryl methyl sites for hydroxylation is 1. The monoisotopic (exact) mass is 288 g/mol. The van der Waals surface area contributed by atoms with Gasteiger partial charge in [-0.1, -0.05) is 19.9 Å². The molecule has 0 aliphatic heterocycles. The van der Waals surface area contributed by atoms with Gasteiger partial charge in [0.2, 0.25) is 0 Å². The minimum atomic E-state index is -0.264. The van der Waals surface area contributed by atoms with E-state index in [0.717, 1.165) is 18.0 Å². The summed E-state index contributed by atoms with van der Waals surface area (Å²) in [6.45, 7) is 8.00. The quantitative estimate of drug-likeness (QED) is 0.887. The maximum atomic E-state index is 11.8. The Morgan fingerprint density at radius 2 is 2.14 bits per heavy atom. The average molecular weight is 288 g/mol. The summed E-state index contributed by atoms with van der Waals surface area (Å²) in [4.78, 5) is 11.8. The Morgan fingerprint density at radius 1 is 1.38 bits per heavy atom. The van der Waals surface area contributed by atoms with Crippen LogP contribution in [-0.2, 0) is 6.54 Å². The first kappa shape index (κ1) is 14.4. The van der Waals surface area contributed by atoms with Crippen molar-refractivity contribution in [2.75, 3.05) is 6.54 Å². The van der Waals surface area contributed by atoms with Crippen LogP contribution in [0.3, 0.4) is 0 Å². The third-order valence-electron chi connectivity index (χ3n) is 4.68. The topological polar surface area (TPSA) is 47.2 Å². The number of aromatic nitrogens is 1. The molecule has 21 heavy (non-hydrogen) atoms. The molecule has 1 aromatic carbocycles. The van der Waals surface area contributed by atoms with Gasteiger partial charge in [-0.15, -0.1) is 0 Å². The molecular formula is C17H24N2O2. The van der Waals surface area contributed by atoms with E-state index in [1.54, 1.807) is 4.57 Å². The van der Waals surface area contributed by atoms with E-state index in [0.29, 0.717) is 24.1 Å². The standard InChI is InChI=1S/C17H24N2O2/c1-4-18-16(11(3)12-6-7-12)13-8-9-14-15(10-13)21-17(20)19(14)5-2/h8-12,16,18H,4-7H2,1-3H3. The molecule has 1 N–H and O–H groups in total. The molecule has 0 amide bonds. The molecule has 0 radical (unpaired) electrons. The Hall–Kier alpha value is -1.55. The van der Waals surface area contributed by atoms with Crippen molar-refractivity contribution in [3.8, 4) is 0 Å². The van der Waals surface area contributed by atoms with Crippen molar-refractivity contribution in [2.24, 2.45) is 11.8 Å².